The molecule has 2 aromatic rings. The fourth-order valence-corrected chi connectivity index (χ4v) is 2.35. The lowest BCUT2D eigenvalue weighted by molar-refractivity contribution is 0.639. The highest BCUT2D eigenvalue weighted by molar-refractivity contribution is 9.10. The molecule has 1 fully saturated rings. The number of halogens is 2. The Labute approximate surface area is 106 Å². The summed E-state index contributed by atoms with van der Waals surface area (Å²) in [5, 5.41) is 4.42. The molecule has 0 saturated heterocycles. The number of nitrogens with zero attached hydrogens (tertiary/aromatic N) is 1. The third-order valence-corrected chi connectivity index (χ3v) is 3.49. The second-order valence-electron chi connectivity index (χ2n) is 4.26. The summed E-state index contributed by atoms with van der Waals surface area (Å²) < 4.78 is 14.4. The van der Waals surface area contributed by atoms with Crippen molar-refractivity contribution in [3.05, 3.63) is 28.6 Å². The van der Waals surface area contributed by atoms with Gasteiger partial charge in [-0.1, -0.05) is 0 Å². The second-order valence-corrected chi connectivity index (χ2v) is 5.11. The minimum atomic E-state index is -0.290. The van der Waals surface area contributed by atoms with Crippen LogP contribution in [-0.2, 0) is 0 Å². The third-order valence-electron chi connectivity index (χ3n) is 2.89. The van der Waals surface area contributed by atoms with Crippen molar-refractivity contribution in [2.24, 2.45) is 0 Å². The van der Waals surface area contributed by atoms with E-state index in [2.05, 4.69) is 26.2 Å². The fourth-order valence-electron chi connectivity index (χ4n) is 1.86. The zero-order valence-corrected chi connectivity index (χ0v) is 10.6. The number of fused-ring (bicyclic) bond motifs is 1. The quantitative estimate of drug-likeness (QED) is 0.836. The molecule has 17 heavy (non-hydrogen) atoms. The molecule has 0 radical (unpaired) electrons. The molecule has 1 saturated carbocycles. The summed E-state index contributed by atoms with van der Waals surface area (Å²) in [4.78, 5) is 4.28. The van der Waals surface area contributed by atoms with Crippen molar-refractivity contribution < 1.29 is 4.39 Å². The SMILES string of the molecule is Nc1ccc(F)c2c(Br)cnc(NC3CC3)c12. The molecule has 0 unspecified atom stereocenters. The van der Waals surface area contributed by atoms with E-state index in [1.165, 1.54) is 6.07 Å². The van der Waals surface area contributed by atoms with Crippen LogP contribution in [0, 0.1) is 5.82 Å². The van der Waals surface area contributed by atoms with Gasteiger partial charge in [-0.2, -0.15) is 0 Å². The summed E-state index contributed by atoms with van der Waals surface area (Å²) in [6.07, 6.45) is 3.87. The average molecular weight is 296 g/mol. The minimum Gasteiger partial charge on any atom is -0.398 e. The molecular formula is C12H11BrFN3. The number of benzene rings is 1. The van der Waals surface area contributed by atoms with Crippen LogP contribution in [0.3, 0.4) is 0 Å². The van der Waals surface area contributed by atoms with Crippen LogP contribution in [0.2, 0.25) is 0 Å². The van der Waals surface area contributed by atoms with Crippen LogP contribution >= 0.6 is 15.9 Å². The first-order chi connectivity index (χ1) is 8.16. The second kappa shape index (κ2) is 3.84. The number of aromatic nitrogens is 1. The lowest BCUT2D eigenvalue weighted by Crippen LogP contribution is -2.05. The van der Waals surface area contributed by atoms with E-state index in [9.17, 15) is 4.39 Å². The molecule has 1 aliphatic rings. The molecule has 5 heteroatoms. The highest BCUT2D eigenvalue weighted by atomic mass is 79.9. The van der Waals surface area contributed by atoms with Crippen molar-refractivity contribution in [2.45, 2.75) is 18.9 Å². The van der Waals surface area contributed by atoms with Gasteiger partial charge in [-0.15, -0.1) is 0 Å². The number of nitrogens with two attached hydrogens (primary N) is 1. The molecule has 0 spiro atoms. The normalized spacial score (nSPS) is 15.2. The Morgan fingerprint density at radius 1 is 1.35 bits per heavy atom. The summed E-state index contributed by atoms with van der Waals surface area (Å²) in [5.74, 6) is 0.380. The smallest absolute Gasteiger partial charge is 0.136 e. The number of nitrogens with one attached hydrogen (secondary N) is 1. The number of nitrogen functional groups attached to an aromatic ring is 1. The van der Waals surface area contributed by atoms with E-state index in [4.69, 9.17) is 5.73 Å². The Hall–Kier alpha value is -1.36. The zero-order valence-electron chi connectivity index (χ0n) is 9.00. The molecule has 88 valence electrons. The van der Waals surface area contributed by atoms with Crippen LogP contribution in [0.5, 0.6) is 0 Å². The van der Waals surface area contributed by atoms with Crippen molar-refractivity contribution in [1.82, 2.24) is 4.98 Å². The van der Waals surface area contributed by atoms with Gasteiger partial charge >= 0.3 is 0 Å². The predicted molar refractivity (Wildman–Crippen MR) is 70.5 cm³/mol. The number of pyridine rings is 1. The molecule has 1 aromatic heterocycles. The van der Waals surface area contributed by atoms with E-state index >= 15 is 0 Å². The maximum Gasteiger partial charge on any atom is 0.136 e. The topological polar surface area (TPSA) is 50.9 Å². The highest BCUT2D eigenvalue weighted by Crippen LogP contribution is 2.36. The van der Waals surface area contributed by atoms with Gasteiger partial charge in [0.1, 0.15) is 11.6 Å². The van der Waals surface area contributed by atoms with Crippen LogP contribution in [-0.4, -0.2) is 11.0 Å². The first-order valence-corrected chi connectivity index (χ1v) is 6.25. The van der Waals surface area contributed by atoms with Crippen LogP contribution in [0.1, 0.15) is 12.8 Å². The molecule has 0 atom stereocenters. The summed E-state index contributed by atoms with van der Waals surface area (Å²) in [6.45, 7) is 0. The van der Waals surface area contributed by atoms with E-state index in [-0.39, 0.29) is 5.82 Å². The zero-order chi connectivity index (χ0) is 12.0. The lowest BCUT2D eigenvalue weighted by atomic mass is 10.1. The maximum atomic E-state index is 13.8. The van der Waals surface area contributed by atoms with Gasteiger partial charge in [0.2, 0.25) is 0 Å². The molecule has 0 amide bonds. The van der Waals surface area contributed by atoms with Gasteiger partial charge in [-0.05, 0) is 40.9 Å². The average Bonchev–Trinajstić information content (AvgIpc) is 3.10. The summed E-state index contributed by atoms with van der Waals surface area (Å²) in [5.41, 5.74) is 6.46. The van der Waals surface area contributed by atoms with Crippen LogP contribution in [0.4, 0.5) is 15.9 Å². The standard InChI is InChI=1S/C12H11BrFN3/c13-7-5-16-12(17-6-1-2-6)11-9(15)4-3-8(14)10(7)11/h3-6H,1-2,15H2,(H,16,17). The maximum absolute atomic E-state index is 13.8. The Morgan fingerprint density at radius 3 is 2.82 bits per heavy atom. The van der Waals surface area contributed by atoms with Gasteiger partial charge < -0.3 is 11.1 Å². The van der Waals surface area contributed by atoms with Crippen molar-refractivity contribution in [3.63, 3.8) is 0 Å². The van der Waals surface area contributed by atoms with Crippen LogP contribution < -0.4 is 11.1 Å². The van der Waals surface area contributed by atoms with Crippen molar-refractivity contribution >= 4 is 38.2 Å². The summed E-state index contributed by atoms with van der Waals surface area (Å²) in [6, 6.07) is 3.40. The first-order valence-electron chi connectivity index (χ1n) is 5.45. The summed E-state index contributed by atoms with van der Waals surface area (Å²) in [7, 11) is 0. The Kier molecular flexibility index (Phi) is 2.43. The largest absolute Gasteiger partial charge is 0.398 e. The van der Waals surface area contributed by atoms with Crippen molar-refractivity contribution in [3.8, 4) is 0 Å². The lowest BCUT2D eigenvalue weighted by Gasteiger charge is -2.11. The molecule has 3 N–H and O–H groups in total. The fraction of sp³-hybridized carbons (Fsp3) is 0.250. The molecule has 0 bridgehead atoms. The van der Waals surface area contributed by atoms with Gasteiger partial charge in [0.05, 0.1) is 5.39 Å². The Morgan fingerprint density at radius 2 is 2.12 bits per heavy atom. The number of rotatable bonds is 2. The van der Waals surface area contributed by atoms with E-state index in [0.29, 0.717) is 32.8 Å². The van der Waals surface area contributed by atoms with Crippen molar-refractivity contribution in [1.29, 1.82) is 0 Å². The Balaban J connectivity index is 2.28. The molecule has 1 aliphatic carbocycles. The molecule has 3 rings (SSSR count). The molecule has 1 heterocycles. The summed E-state index contributed by atoms with van der Waals surface area (Å²) >= 11 is 3.31. The van der Waals surface area contributed by atoms with E-state index < -0.39 is 0 Å². The van der Waals surface area contributed by atoms with Gasteiger partial charge in [0.25, 0.3) is 0 Å². The van der Waals surface area contributed by atoms with Gasteiger partial charge in [0, 0.05) is 27.8 Å². The number of hydrogen-bond donors (Lipinski definition) is 2. The van der Waals surface area contributed by atoms with E-state index in [1.54, 1.807) is 12.3 Å². The van der Waals surface area contributed by atoms with E-state index in [1.807, 2.05) is 0 Å². The number of anilines is 2. The molecule has 3 nitrogen and oxygen atoms in total. The third kappa shape index (κ3) is 1.84. The predicted octanol–water partition coefficient (Wildman–Crippen LogP) is 3.29. The van der Waals surface area contributed by atoms with Gasteiger partial charge in [-0.3, -0.25) is 0 Å². The minimum absolute atomic E-state index is 0.290. The molecule has 1 aromatic carbocycles. The molecular weight excluding hydrogens is 285 g/mol. The highest BCUT2D eigenvalue weighted by Gasteiger charge is 2.23. The molecule has 0 aliphatic heterocycles. The monoisotopic (exact) mass is 295 g/mol. The van der Waals surface area contributed by atoms with E-state index in [0.717, 1.165) is 12.8 Å². The van der Waals surface area contributed by atoms with Crippen LogP contribution in [0.15, 0.2) is 22.8 Å². The van der Waals surface area contributed by atoms with Crippen LogP contribution in [0.25, 0.3) is 10.8 Å². The van der Waals surface area contributed by atoms with Crippen molar-refractivity contribution in [2.75, 3.05) is 11.1 Å². The van der Waals surface area contributed by atoms with Gasteiger partial charge in [-0.25, -0.2) is 9.37 Å². The van der Waals surface area contributed by atoms with Gasteiger partial charge in [0.15, 0.2) is 0 Å². The number of hydrogen-bond acceptors (Lipinski definition) is 3. The Bertz CT molecular complexity index is 588. The first kappa shape index (κ1) is 10.8.